The first-order valence-electron chi connectivity index (χ1n) is 4.66. The molecule has 70 valence electrons. The lowest BCUT2D eigenvalue weighted by atomic mass is 9.64. The van der Waals surface area contributed by atoms with E-state index < -0.39 is 5.97 Å². The van der Waals surface area contributed by atoms with Gasteiger partial charge in [-0.25, -0.2) is 0 Å². The summed E-state index contributed by atoms with van der Waals surface area (Å²) in [6.07, 6.45) is 3.19. The van der Waals surface area contributed by atoms with E-state index in [0.29, 0.717) is 0 Å². The summed E-state index contributed by atoms with van der Waals surface area (Å²) in [6.45, 7) is 6.08. The van der Waals surface area contributed by atoms with Gasteiger partial charge in [0.05, 0.1) is 0 Å². The summed E-state index contributed by atoms with van der Waals surface area (Å²) in [7, 11) is 0. The summed E-state index contributed by atoms with van der Waals surface area (Å²) >= 11 is 0. The number of hydrogen-bond acceptors (Lipinski definition) is 2. The molecule has 1 saturated carbocycles. The lowest BCUT2D eigenvalue weighted by Crippen LogP contribution is -2.46. The van der Waals surface area contributed by atoms with Crippen molar-refractivity contribution in [2.75, 3.05) is 0 Å². The molecular formula is C10H17O2-. The predicted molar refractivity (Wildman–Crippen MR) is 45.3 cm³/mol. The van der Waals surface area contributed by atoms with Crippen LogP contribution in [0.25, 0.3) is 0 Å². The van der Waals surface area contributed by atoms with Gasteiger partial charge in [0, 0.05) is 11.9 Å². The van der Waals surface area contributed by atoms with Crippen molar-refractivity contribution in [3.63, 3.8) is 0 Å². The van der Waals surface area contributed by atoms with Gasteiger partial charge in [-0.15, -0.1) is 0 Å². The second-order valence-electron chi connectivity index (χ2n) is 4.65. The van der Waals surface area contributed by atoms with E-state index in [-0.39, 0.29) is 17.3 Å². The number of hydrogen-bond donors (Lipinski definition) is 0. The number of carbonyl (C=O) groups is 1. The molecule has 0 spiro atoms. The average Bonchev–Trinajstić information content (AvgIpc) is 1.82. The van der Waals surface area contributed by atoms with Crippen LogP contribution in [0.2, 0.25) is 0 Å². The number of carboxylic acid groups (broad SMARTS) is 1. The molecule has 2 nitrogen and oxygen atoms in total. The smallest absolute Gasteiger partial charge is 0.0453 e. The maximum Gasteiger partial charge on any atom is 0.0453 e. The lowest BCUT2D eigenvalue weighted by molar-refractivity contribution is -0.318. The Morgan fingerprint density at radius 1 is 1.50 bits per heavy atom. The molecule has 1 aliphatic rings. The van der Waals surface area contributed by atoms with Crippen molar-refractivity contribution in [2.24, 2.45) is 17.3 Å². The minimum absolute atomic E-state index is 0.0729. The van der Waals surface area contributed by atoms with Gasteiger partial charge < -0.3 is 9.90 Å². The van der Waals surface area contributed by atoms with Crippen molar-refractivity contribution in [1.82, 2.24) is 0 Å². The number of aliphatic carboxylic acids is 1. The average molecular weight is 169 g/mol. The third-order valence-corrected chi connectivity index (χ3v) is 3.15. The molecule has 2 heteroatoms. The molecule has 0 N–H and O–H groups in total. The van der Waals surface area contributed by atoms with E-state index in [4.69, 9.17) is 0 Å². The number of carbonyl (C=O) groups excluding carboxylic acids is 1. The largest absolute Gasteiger partial charge is 0.550 e. The maximum atomic E-state index is 10.9. The fraction of sp³-hybridized carbons (Fsp3) is 0.900. The zero-order valence-corrected chi connectivity index (χ0v) is 8.09. The Balaban J connectivity index is 2.81. The third kappa shape index (κ3) is 1.62. The Kier molecular flexibility index (Phi) is 2.45. The van der Waals surface area contributed by atoms with Gasteiger partial charge in [0.2, 0.25) is 0 Å². The van der Waals surface area contributed by atoms with Crippen molar-refractivity contribution < 1.29 is 9.90 Å². The predicted octanol–water partition coefficient (Wildman–Crippen LogP) is 1.20. The Bertz CT molecular complexity index is 184. The van der Waals surface area contributed by atoms with Crippen molar-refractivity contribution in [2.45, 2.75) is 40.0 Å². The standard InChI is InChI=1S/C10H18O2/c1-7-5-4-6-10(2,3)8(7)9(11)12/h7-8H,4-6H2,1-3H3,(H,11,12)/p-1/t7-,8-/m0/s1. The molecule has 0 aromatic carbocycles. The first kappa shape index (κ1) is 9.56. The van der Waals surface area contributed by atoms with E-state index in [1.807, 2.05) is 20.8 Å². The van der Waals surface area contributed by atoms with Gasteiger partial charge in [-0.05, 0) is 17.8 Å². The first-order chi connectivity index (χ1) is 5.45. The van der Waals surface area contributed by atoms with E-state index in [0.717, 1.165) is 19.3 Å². The molecule has 0 aromatic rings. The van der Waals surface area contributed by atoms with Crippen LogP contribution in [-0.4, -0.2) is 5.97 Å². The molecule has 0 heterocycles. The van der Waals surface area contributed by atoms with Gasteiger partial charge in [-0.3, -0.25) is 0 Å². The molecule has 0 aromatic heterocycles. The van der Waals surface area contributed by atoms with Gasteiger partial charge in [0.25, 0.3) is 0 Å². The van der Waals surface area contributed by atoms with Crippen LogP contribution in [-0.2, 0) is 4.79 Å². The summed E-state index contributed by atoms with van der Waals surface area (Å²) in [5.74, 6) is -0.850. The van der Waals surface area contributed by atoms with Crippen LogP contribution < -0.4 is 5.11 Å². The van der Waals surface area contributed by atoms with Gasteiger partial charge >= 0.3 is 0 Å². The van der Waals surface area contributed by atoms with Crippen LogP contribution in [0.5, 0.6) is 0 Å². The van der Waals surface area contributed by atoms with Crippen molar-refractivity contribution >= 4 is 5.97 Å². The highest BCUT2D eigenvalue weighted by atomic mass is 16.4. The first-order valence-corrected chi connectivity index (χ1v) is 4.66. The van der Waals surface area contributed by atoms with Crippen molar-refractivity contribution in [3.8, 4) is 0 Å². The van der Waals surface area contributed by atoms with E-state index in [9.17, 15) is 9.90 Å². The zero-order chi connectivity index (χ0) is 9.35. The van der Waals surface area contributed by atoms with E-state index in [1.165, 1.54) is 0 Å². The highest BCUT2D eigenvalue weighted by Gasteiger charge is 2.37. The SMILES string of the molecule is C[C@H]1CCCC(C)(C)[C@@H]1C(=O)[O-]. The summed E-state index contributed by atoms with van der Waals surface area (Å²) < 4.78 is 0. The maximum absolute atomic E-state index is 10.9. The molecular weight excluding hydrogens is 152 g/mol. The van der Waals surface area contributed by atoms with Crippen LogP contribution >= 0.6 is 0 Å². The molecule has 0 saturated heterocycles. The topological polar surface area (TPSA) is 40.1 Å². The monoisotopic (exact) mass is 169 g/mol. The van der Waals surface area contributed by atoms with Gasteiger partial charge in [0.15, 0.2) is 0 Å². The normalized spacial score (nSPS) is 34.6. The second-order valence-corrected chi connectivity index (χ2v) is 4.65. The van der Waals surface area contributed by atoms with E-state index in [2.05, 4.69) is 0 Å². The van der Waals surface area contributed by atoms with E-state index in [1.54, 1.807) is 0 Å². The van der Waals surface area contributed by atoms with Gasteiger partial charge in [-0.1, -0.05) is 33.6 Å². The molecule has 0 unspecified atom stereocenters. The highest BCUT2D eigenvalue weighted by Crippen LogP contribution is 2.43. The molecule has 0 bridgehead atoms. The summed E-state index contributed by atoms with van der Waals surface area (Å²) in [6, 6.07) is 0. The number of carboxylic acids is 1. The Morgan fingerprint density at radius 3 is 2.42 bits per heavy atom. The summed E-state index contributed by atoms with van der Waals surface area (Å²) in [5.41, 5.74) is -0.0729. The zero-order valence-electron chi connectivity index (χ0n) is 8.09. The van der Waals surface area contributed by atoms with Crippen molar-refractivity contribution in [1.29, 1.82) is 0 Å². The highest BCUT2D eigenvalue weighted by molar-refractivity contribution is 5.69. The molecule has 2 atom stereocenters. The quantitative estimate of drug-likeness (QED) is 0.591. The van der Waals surface area contributed by atoms with Gasteiger partial charge in [-0.2, -0.15) is 0 Å². The third-order valence-electron chi connectivity index (χ3n) is 3.15. The van der Waals surface area contributed by atoms with Crippen molar-refractivity contribution in [3.05, 3.63) is 0 Å². The van der Waals surface area contributed by atoms with Gasteiger partial charge in [0.1, 0.15) is 0 Å². The van der Waals surface area contributed by atoms with Crippen LogP contribution in [0.15, 0.2) is 0 Å². The second kappa shape index (κ2) is 3.08. The molecule has 0 radical (unpaired) electrons. The number of rotatable bonds is 1. The Morgan fingerprint density at radius 2 is 2.08 bits per heavy atom. The minimum Gasteiger partial charge on any atom is -0.550 e. The molecule has 1 aliphatic carbocycles. The summed E-state index contributed by atoms with van der Waals surface area (Å²) in [5, 5.41) is 10.9. The molecule has 0 aliphatic heterocycles. The Labute approximate surface area is 74.0 Å². The molecule has 1 rings (SSSR count). The Hall–Kier alpha value is -0.530. The van der Waals surface area contributed by atoms with Crippen LogP contribution in [0.1, 0.15) is 40.0 Å². The van der Waals surface area contributed by atoms with E-state index >= 15 is 0 Å². The minimum atomic E-state index is -0.868. The molecule has 0 amide bonds. The fourth-order valence-electron chi connectivity index (χ4n) is 2.52. The summed E-state index contributed by atoms with van der Waals surface area (Å²) in [4.78, 5) is 10.9. The fourth-order valence-corrected chi connectivity index (χ4v) is 2.52. The van der Waals surface area contributed by atoms with Crippen LogP contribution in [0, 0.1) is 17.3 Å². The van der Waals surface area contributed by atoms with Crippen LogP contribution in [0.4, 0.5) is 0 Å². The van der Waals surface area contributed by atoms with Crippen LogP contribution in [0.3, 0.4) is 0 Å². The lowest BCUT2D eigenvalue weighted by Gasteiger charge is -2.43. The molecule has 1 fully saturated rings. The molecule has 12 heavy (non-hydrogen) atoms.